The number of hydrogen-bond donors (Lipinski definition) is 1. The van der Waals surface area contributed by atoms with Crippen molar-refractivity contribution in [2.75, 3.05) is 0 Å². The summed E-state index contributed by atoms with van der Waals surface area (Å²) >= 11 is 0. The van der Waals surface area contributed by atoms with Crippen LogP contribution < -0.4 is 10.1 Å². The van der Waals surface area contributed by atoms with Gasteiger partial charge in [-0.3, -0.25) is 4.79 Å². The summed E-state index contributed by atoms with van der Waals surface area (Å²) in [6.07, 6.45) is -4.74. The minimum atomic E-state index is -4.74. The van der Waals surface area contributed by atoms with Crippen LogP contribution in [0.25, 0.3) is 0 Å². The topological polar surface area (TPSA) is 77.2 Å². The van der Waals surface area contributed by atoms with E-state index < -0.39 is 12.4 Å². The zero-order valence-corrected chi connectivity index (χ0v) is 12.3. The maximum atomic E-state index is 12.1. The van der Waals surface area contributed by atoms with E-state index in [1.54, 1.807) is 13.8 Å². The second-order valence-electron chi connectivity index (χ2n) is 4.84. The number of rotatable bonds is 5. The van der Waals surface area contributed by atoms with Crippen LogP contribution in [-0.4, -0.2) is 22.4 Å². The van der Waals surface area contributed by atoms with Gasteiger partial charge in [-0.05, 0) is 31.5 Å². The highest BCUT2D eigenvalue weighted by Crippen LogP contribution is 2.22. The third-order valence-corrected chi connectivity index (χ3v) is 2.81. The summed E-state index contributed by atoms with van der Waals surface area (Å²) in [5.41, 5.74) is 0.547. The molecule has 0 aliphatic heterocycles. The minimum Gasteiger partial charge on any atom is -0.406 e. The number of carbonyl (C=O) groups is 1. The van der Waals surface area contributed by atoms with Gasteiger partial charge in [0.1, 0.15) is 11.8 Å². The van der Waals surface area contributed by atoms with Crippen molar-refractivity contribution in [3.05, 3.63) is 41.5 Å². The lowest BCUT2D eigenvalue weighted by atomic mass is 10.1. The van der Waals surface area contributed by atoms with Crippen molar-refractivity contribution in [3.8, 4) is 5.75 Å². The van der Waals surface area contributed by atoms with Crippen LogP contribution in [0.2, 0.25) is 0 Å². The molecule has 0 aliphatic carbocycles. The molecule has 0 radical (unpaired) electrons. The van der Waals surface area contributed by atoms with Gasteiger partial charge in [0.25, 0.3) is 0 Å². The van der Waals surface area contributed by atoms with E-state index in [1.165, 1.54) is 12.1 Å². The van der Waals surface area contributed by atoms with Crippen molar-refractivity contribution >= 4 is 5.91 Å². The average molecular weight is 329 g/mol. The zero-order chi connectivity index (χ0) is 17.0. The number of nitrogens with zero attached hydrogens (tertiary/aromatic N) is 2. The summed E-state index contributed by atoms with van der Waals surface area (Å²) in [7, 11) is 0. The van der Waals surface area contributed by atoms with Gasteiger partial charge in [-0.25, -0.2) is 0 Å². The van der Waals surface area contributed by atoms with Crippen LogP contribution in [0, 0.1) is 6.92 Å². The van der Waals surface area contributed by atoms with E-state index in [2.05, 4.69) is 20.2 Å². The SMILES string of the molecule is Cc1noc([C@@H](C)NC(=O)Cc2ccc(OC(F)(F)F)cc2)n1. The molecule has 0 aliphatic rings. The van der Waals surface area contributed by atoms with E-state index in [9.17, 15) is 18.0 Å². The largest absolute Gasteiger partial charge is 0.573 e. The Bertz CT molecular complexity index is 668. The van der Waals surface area contributed by atoms with E-state index in [1.807, 2.05) is 0 Å². The quantitative estimate of drug-likeness (QED) is 0.912. The summed E-state index contributed by atoms with van der Waals surface area (Å²) in [6.45, 7) is 3.34. The molecule has 0 saturated heterocycles. The van der Waals surface area contributed by atoms with Crippen LogP contribution in [0.5, 0.6) is 5.75 Å². The Balaban J connectivity index is 1.90. The van der Waals surface area contributed by atoms with E-state index >= 15 is 0 Å². The van der Waals surface area contributed by atoms with Gasteiger partial charge in [-0.1, -0.05) is 17.3 Å². The Morgan fingerprint density at radius 1 is 1.35 bits per heavy atom. The molecule has 2 aromatic rings. The highest BCUT2D eigenvalue weighted by Gasteiger charge is 2.30. The molecule has 1 amide bonds. The van der Waals surface area contributed by atoms with Gasteiger partial charge in [0.05, 0.1) is 6.42 Å². The van der Waals surface area contributed by atoms with Gasteiger partial charge < -0.3 is 14.6 Å². The highest BCUT2D eigenvalue weighted by molar-refractivity contribution is 5.78. The molecule has 1 heterocycles. The lowest BCUT2D eigenvalue weighted by molar-refractivity contribution is -0.274. The second-order valence-corrected chi connectivity index (χ2v) is 4.84. The monoisotopic (exact) mass is 329 g/mol. The number of aromatic nitrogens is 2. The fourth-order valence-electron chi connectivity index (χ4n) is 1.84. The van der Waals surface area contributed by atoms with E-state index in [4.69, 9.17) is 4.52 Å². The normalized spacial score (nSPS) is 12.7. The lowest BCUT2D eigenvalue weighted by Gasteiger charge is -2.11. The first-order valence-electron chi connectivity index (χ1n) is 6.67. The number of carbonyl (C=O) groups excluding carboxylic acids is 1. The number of aryl methyl sites for hydroxylation is 1. The maximum Gasteiger partial charge on any atom is 0.573 e. The molecule has 1 aromatic carbocycles. The Morgan fingerprint density at radius 2 is 2.00 bits per heavy atom. The third-order valence-electron chi connectivity index (χ3n) is 2.81. The number of nitrogens with one attached hydrogen (secondary N) is 1. The number of alkyl halides is 3. The van der Waals surface area contributed by atoms with Crippen molar-refractivity contribution in [2.24, 2.45) is 0 Å². The van der Waals surface area contributed by atoms with Gasteiger partial charge in [-0.15, -0.1) is 13.2 Å². The minimum absolute atomic E-state index is 0.00373. The molecule has 0 unspecified atom stereocenters. The van der Waals surface area contributed by atoms with Gasteiger partial charge in [0, 0.05) is 0 Å². The molecule has 1 aromatic heterocycles. The fourth-order valence-corrected chi connectivity index (χ4v) is 1.84. The van der Waals surface area contributed by atoms with Gasteiger partial charge in [0.15, 0.2) is 5.82 Å². The number of amides is 1. The fraction of sp³-hybridized carbons (Fsp3) is 0.357. The first-order chi connectivity index (χ1) is 10.7. The van der Waals surface area contributed by atoms with Crippen molar-refractivity contribution in [1.29, 1.82) is 0 Å². The summed E-state index contributed by atoms with van der Waals surface area (Å²) in [5.74, 6) is 0.0836. The smallest absolute Gasteiger partial charge is 0.406 e. The number of benzene rings is 1. The van der Waals surface area contributed by atoms with Crippen LogP contribution in [0.3, 0.4) is 0 Å². The molecule has 1 atom stereocenters. The Hall–Kier alpha value is -2.58. The maximum absolute atomic E-state index is 12.1. The average Bonchev–Trinajstić information content (AvgIpc) is 2.86. The molecule has 6 nitrogen and oxygen atoms in total. The van der Waals surface area contributed by atoms with Crippen molar-refractivity contribution in [2.45, 2.75) is 32.7 Å². The zero-order valence-electron chi connectivity index (χ0n) is 12.3. The van der Waals surface area contributed by atoms with Gasteiger partial charge >= 0.3 is 6.36 Å². The molecule has 124 valence electrons. The van der Waals surface area contributed by atoms with E-state index in [0.29, 0.717) is 11.4 Å². The predicted octanol–water partition coefficient (Wildman–Crippen LogP) is 2.70. The first-order valence-corrected chi connectivity index (χ1v) is 6.67. The highest BCUT2D eigenvalue weighted by atomic mass is 19.4. The second kappa shape index (κ2) is 6.67. The Kier molecular flexibility index (Phi) is 4.87. The molecule has 0 spiro atoms. The van der Waals surface area contributed by atoms with Crippen LogP contribution in [-0.2, 0) is 11.2 Å². The first kappa shape index (κ1) is 16.8. The van der Waals surface area contributed by atoms with Crippen LogP contribution >= 0.6 is 0 Å². The molecule has 0 bridgehead atoms. The summed E-state index contributed by atoms with van der Waals surface area (Å²) in [4.78, 5) is 15.9. The molecule has 9 heteroatoms. The molecule has 1 N–H and O–H groups in total. The van der Waals surface area contributed by atoms with Gasteiger partial charge in [0.2, 0.25) is 11.8 Å². The van der Waals surface area contributed by atoms with E-state index in [-0.39, 0.29) is 24.0 Å². The van der Waals surface area contributed by atoms with Crippen LogP contribution in [0.1, 0.15) is 30.2 Å². The molecule has 0 saturated carbocycles. The summed E-state index contributed by atoms with van der Waals surface area (Å²) < 4.78 is 44.9. The molecular formula is C14H14F3N3O3. The predicted molar refractivity (Wildman–Crippen MR) is 72.4 cm³/mol. The molecule has 2 rings (SSSR count). The number of halogens is 3. The Morgan fingerprint density at radius 3 is 2.52 bits per heavy atom. The van der Waals surface area contributed by atoms with Crippen LogP contribution in [0.15, 0.2) is 28.8 Å². The number of ether oxygens (including phenoxy) is 1. The van der Waals surface area contributed by atoms with Crippen molar-refractivity contribution in [3.63, 3.8) is 0 Å². The van der Waals surface area contributed by atoms with Crippen molar-refractivity contribution in [1.82, 2.24) is 15.5 Å². The molecule has 0 fully saturated rings. The van der Waals surface area contributed by atoms with E-state index in [0.717, 1.165) is 12.1 Å². The molecule has 23 heavy (non-hydrogen) atoms. The van der Waals surface area contributed by atoms with Crippen molar-refractivity contribution < 1.29 is 27.2 Å². The number of hydrogen-bond acceptors (Lipinski definition) is 5. The molecular weight excluding hydrogens is 315 g/mol. The lowest BCUT2D eigenvalue weighted by Crippen LogP contribution is -2.28. The summed E-state index contributed by atoms with van der Waals surface area (Å²) in [5, 5.41) is 6.29. The van der Waals surface area contributed by atoms with Crippen LogP contribution in [0.4, 0.5) is 13.2 Å². The standard InChI is InChI=1S/C14H14F3N3O3/c1-8(13-19-9(2)20-23-13)18-12(21)7-10-3-5-11(6-4-10)22-14(15,16)17/h3-6,8H,7H2,1-2H3,(H,18,21)/t8-/m1/s1. The summed E-state index contributed by atoms with van der Waals surface area (Å²) in [6, 6.07) is 4.63. The van der Waals surface area contributed by atoms with Gasteiger partial charge in [-0.2, -0.15) is 4.98 Å². The Labute approximate surface area is 129 Å². The third kappa shape index (κ3) is 5.28.